The van der Waals surface area contributed by atoms with Crippen LogP contribution in [0.3, 0.4) is 0 Å². The SMILES string of the molecule is COc1ccc(C)cc1NC(=O)CSCc1cc(=O)c2c(C)ccc(C)c2[nH]1. The van der Waals surface area contributed by atoms with Crippen LogP contribution in [0.2, 0.25) is 0 Å². The number of hydrogen-bond acceptors (Lipinski definition) is 4. The molecule has 3 rings (SSSR count). The molecular weight excluding hydrogens is 372 g/mol. The lowest BCUT2D eigenvalue weighted by atomic mass is 10.0. The maximum Gasteiger partial charge on any atom is 0.234 e. The van der Waals surface area contributed by atoms with E-state index in [4.69, 9.17) is 4.74 Å². The third-order valence-electron chi connectivity index (χ3n) is 4.58. The van der Waals surface area contributed by atoms with E-state index in [2.05, 4.69) is 10.3 Å². The molecule has 6 heteroatoms. The largest absolute Gasteiger partial charge is 0.495 e. The molecule has 0 aliphatic rings. The highest BCUT2D eigenvalue weighted by Crippen LogP contribution is 2.25. The van der Waals surface area contributed by atoms with Crippen molar-refractivity contribution in [3.05, 3.63) is 69.0 Å². The van der Waals surface area contributed by atoms with E-state index in [1.807, 2.05) is 51.1 Å². The van der Waals surface area contributed by atoms with Crippen LogP contribution in [-0.4, -0.2) is 23.8 Å². The van der Waals surface area contributed by atoms with Gasteiger partial charge in [0.15, 0.2) is 5.43 Å². The highest BCUT2D eigenvalue weighted by Gasteiger charge is 2.10. The maximum absolute atomic E-state index is 12.5. The normalized spacial score (nSPS) is 10.9. The number of carbonyl (C=O) groups is 1. The zero-order valence-corrected chi connectivity index (χ0v) is 17.3. The fraction of sp³-hybridized carbons (Fsp3) is 0.273. The van der Waals surface area contributed by atoms with E-state index in [0.717, 1.165) is 33.3 Å². The average Bonchev–Trinajstić information content (AvgIpc) is 2.65. The third-order valence-corrected chi connectivity index (χ3v) is 5.56. The molecule has 0 saturated heterocycles. The maximum atomic E-state index is 12.5. The first kappa shape index (κ1) is 20.0. The molecule has 0 bridgehead atoms. The number of amides is 1. The van der Waals surface area contributed by atoms with Crippen molar-refractivity contribution < 1.29 is 9.53 Å². The van der Waals surface area contributed by atoms with Gasteiger partial charge >= 0.3 is 0 Å². The molecule has 3 aromatic rings. The van der Waals surface area contributed by atoms with Crippen molar-refractivity contribution in [1.82, 2.24) is 4.98 Å². The Labute approximate surface area is 168 Å². The number of aromatic nitrogens is 1. The molecule has 0 fully saturated rings. The van der Waals surface area contributed by atoms with Crippen LogP contribution in [0.5, 0.6) is 5.75 Å². The number of aryl methyl sites for hydroxylation is 3. The second-order valence-corrected chi connectivity index (χ2v) is 7.84. The summed E-state index contributed by atoms with van der Waals surface area (Å²) in [4.78, 5) is 28.1. The number of fused-ring (bicyclic) bond motifs is 1. The van der Waals surface area contributed by atoms with Gasteiger partial charge < -0.3 is 15.0 Å². The number of H-pyrrole nitrogens is 1. The van der Waals surface area contributed by atoms with Gasteiger partial charge in [0.25, 0.3) is 0 Å². The highest BCUT2D eigenvalue weighted by atomic mass is 32.2. The van der Waals surface area contributed by atoms with Crippen LogP contribution in [0.15, 0.2) is 41.2 Å². The Morgan fingerprint density at radius 2 is 1.86 bits per heavy atom. The molecule has 2 N–H and O–H groups in total. The van der Waals surface area contributed by atoms with Crippen LogP contribution in [-0.2, 0) is 10.5 Å². The van der Waals surface area contributed by atoms with Crippen LogP contribution in [0.4, 0.5) is 5.69 Å². The molecule has 28 heavy (non-hydrogen) atoms. The molecule has 0 radical (unpaired) electrons. The summed E-state index contributed by atoms with van der Waals surface area (Å²) in [6.07, 6.45) is 0. The van der Waals surface area contributed by atoms with Crippen molar-refractivity contribution in [2.75, 3.05) is 18.2 Å². The lowest BCUT2D eigenvalue weighted by Crippen LogP contribution is -2.15. The zero-order valence-electron chi connectivity index (χ0n) is 16.5. The van der Waals surface area contributed by atoms with Crippen molar-refractivity contribution in [1.29, 1.82) is 0 Å². The second kappa shape index (κ2) is 8.52. The van der Waals surface area contributed by atoms with E-state index in [1.165, 1.54) is 11.8 Å². The molecule has 1 heterocycles. The smallest absolute Gasteiger partial charge is 0.234 e. The van der Waals surface area contributed by atoms with Gasteiger partial charge in [-0.3, -0.25) is 9.59 Å². The van der Waals surface area contributed by atoms with Crippen molar-refractivity contribution in [3.8, 4) is 5.75 Å². The predicted octanol–water partition coefficient (Wildman–Crippen LogP) is 4.33. The first-order valence-electron chi connectivity index (χ1n) is 9.03. The molecule has 2 aromatic carbocycles. The molecule has 0 aliphatic carbocycles. The first-order chi connectivity index (χ1) is 13.4. The Morgan fingerprint density at radius 1 is 1.11 bits per heavy atom. The molecule has 1 aromatic heterocycles. The third kappa shape index (κ3) is 4.39. The summed E-state index contributed by atoms with van der Waals surface area (Å²) in [7, 11) is 1.58. The van der Waals surface area contributed by atoms with Crippen LogP contribution in [0.1, 0.15) is 22.4 Å². The molecule has 0 saturated carbocycles. The summed E-state index contributed by atoms with van der Waals surface area (Å²) >= 11 is 1.46. The van der Waals surface area contributed by atoms with Gasteiger partial charge in [-0.05, 0) is 49.6 Å². The zero-order chi connectivity index (χ0) is 20.3. The van der Waals surface area contributed by atoms with Crippen molar-refractivity contribution in [3.63, 3.8) is 0 Å². The van der Waals surface area contributed by atoms with E-state index in [0.29, 0.717) is 17.2 Å². The number of anilines is 1. The van der Waals surface area contributed by atoms with Gasteiger partial charge in [-0.1, -0.05) is 18.2 Å². The van der Waals surface area contributed by atoms with Gasteiger partial charge in [0.05, 0.1) is 24.1 Å². The summed E-state index contributed by atoms with van der Waals surface area (Å²) < 4.78 is 5.29. The molecule has 5 nitrogen and oxygen atoms in total. The highest BCUT2D eigenvalue weighted by molar-refractivity contribution is 7.99. The lowest BCUT2D eigenvalue weighted by Gasteiger charge is -2.11. The van der Waals surface area contributed by atoms with Gasteiger partial charge in [-0.2, -0.15) is 0 Å². The molecule has 1 amide bonds. The number of rotatable bonds is 6. The van der Waals surface area contributed by atoms with Crippen molar-refractivity contribution in [2.24, 2.45) is 0 Å². The number of aromatic amines is 1. The van der Waals surface area contributed by atoms with E-state index in [1.54, 1.807) is 13.2 Å². The fourth-order valence-corrected chi connectivity index (χ4v) is 3.89. The van der Waals surface area contributed by atoms with Crippen molar-refractivity contribution >= 4 is 34.3 Å². The topological polar surface area (TPSA) is 71.2 Å². The number of pyridine rings is 1. The number of benzene rings is 2. The fourth-order valence-electron chi connectivity index (χ4n) is 3.15. The van der Waals surface area contributed by atoms with Crippen LogP contribution in [0.25, 0.3) is 10.9 Å². The molecule has 146 valence electrons. The Balaban J connectivity index is 1.67. The van der Waals surface area contributed by atoms with Crippen LogP contribution < -0.4 is 15.5 Å². The summed E-state index contributed by atoms with van der Waals surface area (Å²) in [5.41, 5.74) is 5.41. The monoisotopic (exact) mass is 396 g/mol. The number of hydrogen-bond donors (Lipinski definition) is 2. The van der Waals surface area contributed by atoms with Crippen LogP contribution in [0, 0.1) is 20.8 Å². The molecule has 0 aliphatic heterocycles. The Kier molecular flexibility index (Phi) is 6.09. The standard InChI is InChI=1S/C22H24N2O3S/c1-13-5-8-19(27-4)17(9-13)24-20(26)12-28-11-16-10-18(25)21-14(2)6-7-15(3)22(21)23-16/h5-10H,11-12H2,1-4H3,(H,23,25)(H,24,26). The molecule has 0 spiro atoms. The minimum atomic E-state index is -0.107. The minimum absolute atomic E-state index is 0.0134. The Bertz CT molecular complexity index is 1090. The number of carbonyl (C=O) groups excluding carboxylic acids is 1. The van der Waals surface area contributed by atoms with E-state index >= 15 is 0 Å². The Morgan fingerprint density at radius 3 is 2.61 bits per heavy atom. The number of nitrogens with one attached hydrogen (secondary N) is 2. The van der Waals surface area contributed by atoms with Gasteiger partial charge in [0, 0.05) is 22.9 Å². The van der Waals surface area contributed by atoms with Gasteiger partial charge in [-0.25, -0.2) is 0 Å². The number of thioether (sulfide) groups is 1. The number of methoxy groups -OCH3 is 1. The molecule has 0 unspecified atom stereocenters. The van der Waals surface area contributed by atoms with E-state index in [-0.39, 0.29) is 17.1 Å². The molecular formula is C22H24N2O3S. The molecule has 0 atom stereocenters. The summed E-state index contributed by atoms with van der Waals surface area (Å²) in [6, 6.07) is 11.3. The van der Waals surface area contributed by atoms with Gasteiger partial charge in [-0.15, -0.1) is 11.8 Å². The van der Waals surface area contributed by atoms with Crippen LogP contribution >= 0.6 is 11.8 Å². The summed E-state index contributed by atoms with van der Waals surface area (Å²) in [5, 5.41) is 3.62. The van der Waals surface area contributed by atoms with E-state index < -0.39 is 0 Å². The van der Waals surface area contributed by atoms with Crippen molar-refractivity contribution in [2.45, 2.75) is 26.5 Å². The lowest BCUT2D eigenvalue weighted by molar-refractivity contribution is -0.113. The Hall–Kier alpha value is -2.73. The van der Waals surface area contributed by atoms with Gasteiger partial charge in [0.1, 0.15) is 5.75 Å². The summed E-state index contributed by atoms with van der Waals surface area (Å²) in [6.45, 7) is 5.89. The summed E-state index contributed by atoms with van der Waals surface area (Å²) in [5.74, 6) is 1.36. The quantitative estimate of drug-likeness (QED) is 0.650. The predicted molar refractivity (Wildman–Crippen MR) is 117 cm³/mol. The number of ether oxygens (including phenoxy) is 1. The second-order valence-electron chi connectivity index (χ2n) is 6.85. The first-order valence-corrected chi connectivity index (χ1v) is 10.2. The van der Waals surface area contributed by atoms with Gasteiger partial charge in [0.2, 0.25) is 5.91 Å². The minimum Gasteiger partial charge on any atom is -0.495 e. The van der Waals surface area contributed by atoms with E-state index in [9.17, 15) is 9.59 Å². The average molecular weight is 397 g/mol.